The van der Waals surface area contributed by atoms with Crippen LogP contribution in [0.5, 0.6) is 0 Å². The van der Waals surface area contributed by atoms with Crippen molar-refractivity contribution in [2.24, 2.45) is 0 Å². The predicted octanol–water partition coefficient (Wildman–Crippen LogP) is 1.14. The highest BCUT2D eigenvalue weighted by Gasteiger charge is 2.21. The lowest BCUT2D eigenvalue weighted by molar-refractivity contribution is -0.145. The largest absolute Gasteiger partial charge is 0.467 e. The van der Waals surface area contributed by atoms with E-state index in [1.807, 2.05) is 25.3 Å². The van der Waals surface area contributed by atoms with Crippen LogP contribution in [-0.2, 0) is 14.3 Å². The number of esters is 1. The van der Waals surface area contributed by atoms with E-state index < -0.39 is 17.9 Å². The molecule has 0 aliphatic heterocycles. The van der Waals surface area contributed by atoms with Gasteiger partial charge in [0.25, 0.3) is 5.91 Å². The van der Waals surface area contributed by atoms with E-state index in [-0.39, 0.29) is 12.5 Å². The van der Waals surface area contributed by atoms with Gasteiger partial charge in [0.05, 0.1) is 13.7 Å². The van der Waals surface area contributed by atoms with Crippen molar-refractivity contribution in [3.05, 3.63) is 35.4 Å². The molecule has 0 aromatic heterocycles. The molecule has 2 amide bonds. The zero-order chi connectivity index (χ0) is 17.2. The summed E-state index contributed by atoms with van der Waals surface area (Å²) in [4.78, 5) is 35.4. The fourth-order valence-electron chi connectivity index (χ4n) is 1.84. The second-order valence-corrected chi connectivity index (χ2v) is 5.96. The lowest BCUT2D eigenvalue weighted by Gasteiger charge is -2.16. The Morgan fingerprint density at radius 3 is 2.43 bits per heavy atom. The van der Waals surface area contributed by atoms with Gasteiger partial charge in [-0.15, -0.1) is 0 Å². The van der Waals surface area contributed by atoms with Gasteiger partial charge in [0.1, 0.15) is 6.04 Å². The molecule has 6 nitrogen and oxygen atoms in total. The average Bonchev–Trinajstić information content (AvgIpc) is 2.56. The lowest BCUT2D eigenvalue weighted by Crippen LogP contribution is -2.46. The minimum atomic E-state index is -0.698. The van der Waals surface area contributed by atoms with Gasteiger partial charge in [0.15, 0.2) is 0 Å². The minimum Gasteiger partial charge on any atom is -0.467 e. The Kier molecular flexibility index (Phi) is 8.18. The molecule has 0 saturated carbocycles. The Balaban J connectivity index is 2.49. The van der Waals surface area contributed by atoms with E-state index in [1.54, 1.807) is 23.9 Å². The molecule has 0 aliphatic rings. The summed E-state index contributed by atoms with van der Waals surface area (Å²) in [6.07, 6.45) is 2.39. The summed E-state index contributed by atoms with van der Waals surface area (Å²) in [5.41, 5.74) is 1.53. The third-order valence-electron chi connectivity index (χ3n) is 3.15. The summed E-state index contributed by atoms with van der Waals surface area (Å²) >= 11 is 1.57. The summed E-state index contributed by atoms with van der Waals surface area (Å²) in [6, 6.07) is 6.34. The van der Waals surface area contributed by atoms with E-state index in [0.717, 1.165) is 11.3 Å². The molecule has 1 rings (SSSR count). The number of thioether (sulfide) groups is 1. The third-order valence-corrected chi connectivity index (χ3v) is 3.80. The van der Waals surface area contributed by atoms with Gasteiger partial charge in [0.2, 0.25) is 5.91 Å². The van der Waals surface area contributed by atoms with Crippen molar-refractivity contribution in [1.82, 2.24) is 10.6 Å². The highest BCUT2D eigenvalue weighted by atomic mass is 32.2. The third kappa shape index (κ3) is 6.73. The van der Waals surface area contributed by atoms with Gasteiger partial charge in [-0.2, -0.15) is 11.8 Å². The molecule has 23 heavy (non-hydrogen) atoms. The van der Waals surface area contributed by atoms with Crippen molar-refractivity contribution in [3.63, 3.8) is 0 Å². The predicted molar refractivity (Wildman–Crippen MR) is 90.5 cm³/mol. The summed E-state index contributed by atoms with van der Waals surface area (Å²) < 4.78 is 4.67. The standard InChI is InChI=1S/C16H22N2O4S/c1-11-4-6-12(7-5-11)15(20)17-10-14(19)18-13(8-9-23-3)16(21)22-2/h4-7,13H,8-10H2,1-3H3,(H,17,20)(H,18,19)/t13-/m1/s1. The first-order valence-electron chi connectivity index (χ1n) is 7.19. The summed E-state index contributed by atoms with van der Waals surface area (Å²) in [5.74, 6) is -0.534. The molecule has 2 N–H and O–H groups in total. The molecule has 0 unspecified atom stereocenters. The summed E-state index contributed by atoms with van der Waals surface area (Å²) in [5, 5.41) is 5.11. The topological polar surface area (TPSA) is 84.5 Å². The first-order chi connectivity index (χ1) is 11.0. The van der Waals surface area contributed by atoms with Crippen molar-refractivity contribution < 1.29 is 19.1 Å². The van der Waals surface area contributed by atoms with Crippen LogP contribution in [0, 0.1) is 6.92 Å². The van der Waals surface area contributed by atoms with Gasteiger partial charge >= 0.3 is 5.97 Å². The van der Waals surface area contributed by atoms with Crippen molar-refractivity contribution in [3.8, 4) is 0 Å². The number of aryl methyl sites for hydroxylation is 1. The normalized spacial score (nSPS) is 11.4. The van der Waals surface area contributed by atoms with E-state index in [2.05, 4.69) is 15.4 Å². The van der Waals surface area contributed by atoms with Gasteiger partial charge in [-0.1, -0.05) is 17.7 Å². The van der Waals surface area contributed by atoms with Crippen molar-refractivity contribution in [2.75, 3.05) is 25.7 Å². The zero-order valence-electron chi connectivity index (χ0n) is 13.5. The van der Waals surface area contributed by atoms with Crippen molar-refractivity contribution in [2.45, 2.75) is 19.4 Å². The highest BCUT2D eigenvalue weighted by molar-refractivity contribution is 7.98. The quantitative estimate of drug-likeness (QED) is 0.694. The van der Waals surface area contributed by atoms with Crippen molar-refractivity contribution in [1.29, 1.82) is 0 Å². The van der Waals surface area contributed by atoms with E-state index >= 15 is 0 Å². The van der Waals surface area contributed by atoms with Gasteiger partial charge in [-0.25, -0.2) is 4.79 Å². The van der Waals surface area contributed by atoms with E-state index in [9.17, 15) is 14.4 Å². The molecule has 0 saturated heterocycles. The van der Waals surface area contributed by atoms with E-state index in [1.165, 1.54) is 7.11 Å². The smallest absolute Gasteiger partial charge is 0.328 e. The molecule has 0 aliphatic carbocycles. The first kappa shape index (κ1) is 19.0. The lowest BCUT2D eigenvalue weighted by atomic mass is 10.1. The number of ether oxygens (including phenoxy) is 1. The van der Waals surface area contributed by atoms with Gasteiger partial charge in [0, 0.05) is 5.56 Å². The van der Waals surface area contributed by atoms with Crippen LogP contribution in [0.15, 0.2) is 24.3 Å². The highest BCUT2D eigenvalue weighted by Crippen LogP contribution is 2.03. The van der Waals surface area contributed by atoms with Crippen LogP contribution in [0.2, 0.25) is 0 Å². The fourth-order valence-corrected chi connectivity index (χ4v) is 2.31. The Morgan fingerprint density at radius 2 is 1.87 bits per heavy atom. The van der Waals surface area contributed by atoms with Gasteiger partial charge < -0.3 is 15.4 Å². The second-order valence-electron chi connectivity index (χ2n) is 4.97. The number of hydrogen-bond acceptors (Lipinski definition) is 5. The fraction of sp³-hybridized carbons (Fsp3) is 0.438. The number of rotatable bonds is 8. The molecule has 0 bridgehead atoms. The number of benzene rings is 1. The maximum atomic E-state index is 11.9. The molecule has 1 atom stereocenters. The molecule has 0 heterocycles. The van der Waals surface area contributed by atoms with Crippen LogP contribution in [-0.4, -0.2) is 49.5 Å². The number of hydrogen-bond donors (Lipinski definition) is 2. The monoisotopic (exact) mass is 338 g/mol. The zero-order valence-corrected chi connectivity index (χ0v) is 14.4. The molecular formula is C16H22N2O4S. The van der Waals surface area contributed by atoms with Crippen molar-refractivity contribution >= 4 is 29.5 Å². The number of carbonyl (C=O) groups is 3. The van der Waals surface area contributed by atoms with Crippen LogP contribution in [0.3, 0.4) is 0 Å². The van der Waals surface area contributed by atoms with E-state index in [4.69, 9.17) is 0 Å². The molecule has 1 aromatic rings. The SMILES string of the molecule is COC(=O)[C@@H](CCSC)NC(=O)CNC(=O)c1ccc(C)cc1. The average molecular weight is 338 g/mol. The minimum absolute atomic E-state index is 0.195. The molecule has 0 radical (unpaired) electrons. The Bertz CT molecular complexity index is 546. The van der Waals surface area contributed by atoms with Gasteiger partial charge in [-0.05, 0) is 37.5 Å². The molecule has 126 valence electrons. The van der Waals surface area contributed by atoms with Gasteiger partial charge in [-0.3, -0.25) is 9.59 Å². The Labute approximate surface area is 140 Å². The number of methoxy groups -OCH3 is 1. The first-order valence-corrected chi connectivity index (χ1v) is 8.58. The Hall–Kier alpha value is -2.02. The van der Waals surface area contributed by atoms with Crippen LogP contribution < -0.4 is 10.6 Å². The van der Waals surface area contributed by atoms with Crippen LogP contribution in [0.4, 0.5) is 0 Å². The summed E-state index contributed by atoms with van der Waals surface area (Å²) in [7, 11) is 1.28. The molecule has 7 heteroatoms. The second kappa shape index (κ2) is 9.89. The Morgan fingerprint density at radius 1 is 1.22 bits per heavy atom. The molecule has 1 aromatic carbocycles. The van der Waals surface area contributed by atoms with Crippen LogP contribution in [0.1, 0.15) is 22.3 Å². The number of nitrogens with one attached hydrogen (secondary N) is 2. The molecular weight excluding hydrogens is 316 g/mol. The van der Waals surface area contributed by atoms with E-state index in [0.29, 0.717) is 12.0 Å². The maximum absolute atomic E-state index is 11.9. The molecule has 0 fully saturated rings. The summed E-state index contributed by atoms with van der Waals surface area (Å²) in [6.45, 7) is 1.73. The molecule has 0 spiro atoms. The number of carbonyl (C=O) groups excluding carboxylic acids is 3. The van der Waals surface area contributed by atoms with Crippen LogP contribution in [0.25, 0.3) is 0 Å². The number of amides is 2. The van der Waals surface area contributed by atoms with Crippen LogP contribution >= 0.6 is 11.8 Å². The maximum Gasteiger partial charge on any atom is 0.328 e.